The third-order valence-corrected chi connectivity index (χ3v) is 8.77. The second kappa shape index (κ2) is 12.7. The minimum absolute atomic E-state index is 0.101. The van der Waals surface area contributed by atoms with Crippen LogP contribution < -0.4 is 25.0 Å². The van der Waals surface area contributed by atoms with Crippen molar-refractivity contribution in [1.82, 2.24) is 15.4 Å². The van der Waals surface area contributed by atoms with Gasteiger partial charge in [-0.25, -0.2) is 13.1 Å². The molecular formula is C30H36N4O6S. The number of ether oxygens (including phenoxy) is 1. The molecule has 3 aromatic carbocycles. The van der Waals surface area contributed by atoms with E-state index in [1.807, 2.05) is 30.3 Å². The van der Waals surface area contributed by atoms with Gasteiger partial charge in [0.15, 0.2) is 0 Å². The Hall–Kier alpha value is -3.96. The van der Waals surface area contributed by atoms with E-state index < -0.39 is 28.0 Å². The topological polar surface area (TPSA) is 134 Å². The van der Waals surface area contributed by atoms with Crippen molar-refractivity contribution in [2.24, 2.45) is 0 Å². The van der Waals surface area contributed by atoms with E-state index in [1.165, 1.54) is 7.11 Å². The summed E-state index contributed by atoms with van der Waals surface area (Å²) in [5.41, 5.74) is 2.55. The Morgan fingerprint density at radius 1 is 1.07 bits per heavy atom. The zero-order valence-electron chi connectivity index (χ0n) is 23.7. The van der Waals surface area contributed by atoms with Crippen molar-refractivity contribution in [3.05, 3.63) is 71.3 Å². The molecule has 0 spiro atoms. The molecule has 3 amide bonds. The summed E-state index contributed by atoms with van der Waals surface area (Å²) in [6.45, 7) is 3.55. The fourth-order valence-electron chi connectivity index (χ4n) is 5.07. The highest BCUT2D eigenvalue weighted by Crippen LogP contribution is 2.35. The third-order valence-electron chi connectivity index (χ3n) is 7.32. The molecule has 1 heterocycles. The van der Waals surface area contributed by atoms with E-state index in [0.29, 0.717) is 41.3 Å². The largest absolute Gasteiger partial charge is 0.496 e. The molecule has 0 unspecified atom stereocenters. The fraction of sp³-hybridized carbons (Fsp3) is 0.367. The van der Waals surface area contributed by atoms with E-state index in [9.17, 15) is 22.8 Å². The number of aryl methyl sites for hydroxylation is 1. The Balaban J connectivity index is 1.79. The summed E-state index contributed by atoms with van der Waals surface area (Å²) >= 11 is 0. The van der Waals surface area contributed by atoms with Crippen LogP contribution in [0.1, 0.15) is 48.2 Å². The number of anilines is 1. The molecule has 1 aliphatic rings. The van der Waals surface area contributed by atoms with Crippen LogP contribution in [0.4, 0.5) is 5.69 Å². The Morgan fingerprint density at radius 3 is 2.54 bits per heavy atom. The van der Waals surface area contributed by atoms with E-state index in [2.05, 4.69) is 15.4 Å². The second-order valence-electron chi connectivity index (χ2n) is 10.1. The molecule has 0 saturated heterocycles. The van der Waals surface area contributed by atoms with Crippen LogP contribution in [0.25, 0.3) is 10.8 Å². The van der Waals surface area contributed by atoms with Crippen molar-refractivity contribution in [1.29, 1.82) is 0 Å². The lowest BCUT2D eigenvalue weighted by Gasteiger charge is -2.28. The summed E-state index contributed by atoms with van der Waals surface area (Å²) in [4.78, 5) is 41.4. The molecule has 0 radical (unpaired) electrons. The summed E-state index contributed by atoms with van der Waals surface area (Å²) < 4.78 is 32.4. The summed E-state index contributed by atoms with van der Waals surface area (Å²) in [6, 6.07) is 14.9. The van der Waals surface area contributed by atoms with Gasteiger partial charge in [-0.2, -0.15) is 0 Å². The van der Waals surface area contributed by atoms with Gasteiger partial charge in [-0.05, 0) is 73.8 Å². The molecule has 0 bridgehead atoms. The van der Waals surface area contributed by atoms with Crippen molar-refractivity contribution in [3.63, 3.8) is 0 Å². The van der Waals surface area contributed by atoms with Crippen LogP contribution in [-0.2, 0) is 32.6 Å². The number of para-hydroxylation sites is 1. The molecule has 11 heteroatoms. The highest BCUT2D eigenvalue weighted by Gasteiger charge is 2.33. The number of nitrogens with one attached hydrogen (secondary N) is 3. The van der Waals surface area contributed by atoms with Crippen LogP contribution in [0.15, 0.2) is 54.6 Å². The first-order valence-electron chi connectivity index (χ1n) is 13.6. The maximum atomic E-state index is 14.0. The lowest BCUT2D eigenvalue weighted by Crippen LogP contribution is -2.52. The number of fused-ring (bicyclic) bond motifs is 2. The van der Waals surface area contributed by atoms with E-state index in [0.717, 1.165) is 11.3 Å². The van der Waals surface area contributed by atoms with Gasteiger partial charge in [0.25, 0.3) is 5.91 Å². The first kappa shape index (κ1) is 30.0. The number of methoxy groups -OCH3 is 1. The SMILES string of the molecule is CCCS(=O)(=O)NC(=O)c1cccc2c(CN3C(=O)[C@@H](NC(=O)[C@H](C)NC)CCc4ccccc43)c(OC)ccc12. The van der Waals surface area contributed by atoms with E-state index in [1.54, 1.807) is 50.1 Å². The van der Waals surface area contributed by atoms with Crippen LogP contribution in [0.5, 0.6) is 5.75 Å². The standard InChI is InChI=1S/C30H36N4O6S/c1-5-17-41(38,39)33-29(36)23-11-8-10-21-22(23)14-16-27(40-4)24(21)18-34-26-12-7-6-9-20(26)13-15-25(30(34)37)32-28(35)19(2)31-3/h6-12,14,16,19,25,31H,5,13,15,17-18H2,1-4H3,(H,32,35)(H,33,36)/t19-,25-/m0/s1. The number of likely N-dealkylation sites (N-methyl/N-ethyl adjacent to an activating group) is 1. The Morgan fingerprint density at radius 2 is 1.83 bits per heavy atom. The molecule has 1 aliphatic heterocycles. The minimum Gasteiger partial charge on any atom is -0.496 e. The van der Waals surface area contributed by atoms with Crippen molar-refractivity contribution in [3.8, 4) is 5.75 Å². The Bertz CT molecular complexity index is 1570. The van der Waals surface area contributed by atoms with Gasteiger partial charge in [-0.1, -0.05) is 37.3 Å². The van der Waals surface area contributed by atoms with Gasteiger partial charge < -0.3 is 20.3 Å². The predicted molar refractivity (Wildman–Crippen MR) is 158 cm³/mol. The van der Waals surface area contributed by atoms with Crippen LogP contribution in [0.3, 0.4) is 0 Å². The van der Waals surface area contributed by atoms with Gasteiger partial charge in [0.2, 0.25) is 21.8 Å². The van der Waals surface area contributed by atoms with Crippen molar-refractivity contribution < 1.29 is 27.5 Å². The first-order chi connectivity index (χ1) is 19.6. The smallest absolute Gasteiger partial charge is 0.265 e. The monoisotopic (exact) mass is 580 g/mol. The average Bonchev–Trinajstić information content (AvgIpc) is 3.08. The average molecular weight is 581 g/mol. The zero-order valence-corrected chi connectivity index (χ0v) is 24.5. The minimum atomic E-state index is -3.78. The second-order valence-corrected chi connectivity index (χ2v) is 11.9. The van der Waals surface area contributed by atoms with Gasteiger partial charge in [-0.3, -0.25) is 14.4 Å². The maximum Gasteiger partial charge on any atom is 0.265 e. The van der Waals surface area contributed by atoms with E-state index in [4.69, 9.17) is 4.74 Å². The number of nitrogens with zero attached hydrogens (tertiary/aromatic N) is 1. The third kappa shape index (κ3) is 6.52. The number of benzene rings is 3. The first-order valence-corrected chi connectivity index (χ1v) is 15.3. The molecule has 0 aromatic heterocycles. The van der Waals surface area contributed by atoms with E-state index >= 15 is 0 Å². The van der Waals surface area contributed by atoms with Crippen LogP contribution in [0, 0.1) is 0 Å². The van der Waals surface area contributed by atoms with Gasteiger partial charge >= 0.3 is 0 Å². The molecule has 3 aromatic rings. The van der Waals surface area contributed by atoms with Gasteiger partial charge in [0.1, 0.15) is 11.8 Å². The molecule has 3 N–H and O–H groups in total. The highest BCUT2D eigenvalue weighted by atomic mass is 32.2. The summed E-state index contributed by atoms with van der Waals surface area (Å²) in [6.07, 6.45) is 1.42. The number of amides is 3. The normalized spacial score (nSPS) is 16.0. The lowest BCUT2D eigenvalue weighted by molar-refractivity contribution is -0.128. The van der Waals surface area contributed by atoms with Crippen molar-refractivity contribution >= 4 is 44.2 Å². The maximum absolute atomic E-state index is 14.0. The molecule has 0 saturated carbocycles. The predicted octanol–water partition coefficient (Wildman–Crippen LogP) is 2.89. The number of carbonyl (C=O) groups is 3. The molecular weight excluding hydrogens is 544 g/mol. The number of hydrogen-bond donors (Lipinski definition) is 3. The summed E-state index contributed by atoms with van der Waals surface area (Å²) in [5.74, 6) is -0.909. The molecule has 10 nitrogen and oxygen atoms in total. The van der Waals surface area contributed by atoms with Gasteiger partial charge in [0, 0.05) is 16.8 Å². The van der Waals surface area contributed by atoms with Crippen LogP contribution in [0.2, 0.25) is 0 Å². The number of sulfonamides is 1. The number of carbonyl (C=O) groups excluding carboxylic acids is 3. The number of hydrogen-bond acceptors (Lipinski definition) is 7. The fourth-order valence-corrected chi connectivity index (χ4v) is 6.10. The quantitative estimate of drug-likeness (QED) is 0.336. The number of rotatable bonds is 10. The lowest BCUT2D eigenvalue weighted by atomic mass is 9.98. The molecule has 0 aliphatic carbocycles. The van der Waals surface area contributed by atoms with E-state index in [-0.39, 0.29) is 29.7 Å². The van der Waals surface area contributed by atoms with Crippen LogP contribution in [-0.4, -0.2) is 58.1 Å². The highest BCUT2D eigenvalue weighted by molar-refractivity contribution is 7.90. The van der Waals surface area contributed by atoms with Gasteiger partial charge in [0.05, 0.1) is 25.4 Å². The Labute approximate surface area is 240 Å². The van der Waals surface area contributed by atoms with Crippen molar-refractivity contribution in [2.45, 2.75) is 51.7 Å². The molecule has 41 heavy (non-hydrogen) atoms. The molecule has 4 rings (SSSR count). The molecule has 2 atom stereocenters. The molecule has 0 fully saturated rings. The summed E-state index contributed by atoms with van der Waals surface area (Å²) in [5, 5.41) is 6.96. The Kier molecular flexibility index (Phi) is 9.29. The van der Waals surface area contributed by atoms with Crippen LogP contribution >= 0.6 is 0 Å². The van der Waals surface area contributed by atoms with Gasteiger partial charge in [-0.15, -0.1) is 0 Å². The summed E-state index contributed by atoms with van der Waals surface area (Å²) in [7, 11) is -0.569. The van der Waals surface area contributed by atoms with Crippen molar-refractivity contribution in [2.75, 3.05) is 24.8 Å². The molecule has 218 valence electrons. The zero-order chi connectivity index (χ0) is 29.7.